The largest absolute Gasteiger partial charge is 0.495 e. The molecule has 6 heteroatoms. The first-order valence-corrected chi connectivity index (χ1v) is 6.86. The normalized spacial score (nSPS) is 15.1. The highest BCUT2D eigenvalue weighted by atomic mass is 16.5. The quantitative estimate of drug-likeness (QED) is 0.859. The molecular weight excluding hydrogens is 270 g/mol. The number of aromatic nitrogens is 1. The maximum Gasteiger partial charge on any atom is 0.258 e. The molecule has 0 spiro atoms. The van der Waals surface area contributed by atoms with Crippen molar-refractivity contribution in [1.82, 2.24) is 10.1 Å². The molecule has 2 aromatic rings. The summed E-state index contributed by atoms with van der Waals surface area (Å²) in [6.07, 6.45) is 2.84. The Morgan fingerprint density at radius 1 is 1.24 bits per heavy atom. The van der Waals surface area contributed by atoms with Crippen molar-refractivity contribution in [3.63, 3.8) is 0 Å². The molecule has 1 aliphatic heterocycles. The Morgan fingerprint density at radius 3 is 2.67 bits per heavy atom. The smallest absolute Gasteiger partial charge is 0.258 e. The zero-order chi connectivity index (χ0) is 14.7. The van der Waals surface area contributed by atoms with E-state index in [1.165, 1.54) is 12.5 Å². The number of para-hydroxylation sites is 2. The molecule has 6 nitrogen and oxygen atoms in total. The van der Waals surface area contributed by atoms with Crippen LogP contribution >= 0.6 is 0 Å². The first-order valence-electron chi connectivity index (χ1n) is 6.86. The number of nitrogens with zero attached hydrogens (tertiary/aromatic N) is 3. The Bertz CT molecular complexity index is 604. The van der Waals surface area contributed by atoms with Crippen molar-refractivity contribution in [2.45, 2.75) is 0 Å². The highest BCUT2D eigenvalue weighted by Gasteiger charge is 2.24. The van der Waals surface area contributed by atoms with Crippen LogP contribution in [0.5, 0.6) is 5.75 Å². The molecule has 2 heterocycles. The summed E-state index contributed by atoms with van der Waals surface area (Å²) in [5.74, 6) is 0.826. The summed E-state index contributed by atoms with van der Waals surface area (Å²) in [5, 5.41) is 3.57. The molecule has 0 unspecified atom stereocenters. The van der Waals surface area contributed by atoms with Gasteiger partial charge in [0.2, 0.25) is 0 Å². The molecule has 1 aromatic carbocycles. The van der Waals surface area contributed by atoms with Gasteiger partial charge in [-0.1, -0.05) is 17.3 Å². The van der Waals surface area contributed by atoms with Gasteiger partial charge in [0, 0.05) is 26.2 Å². The zero-order valence-corrected chi connectivity index (χ0v) is 11.9. The van der Waals surface area contributed by atoms with Crippen molar-refractivity contribution in [3.8, 4) is 5.75 Å². The van der Waals surface area contributed by atoms with Crippen LogP contribution in [0.4, 0.5) is 5.69 Å². The lowest BCUT2D eigenvalue weighted by molar-refractivity contribution is 0.0746. The fourth-order valence-corrected chi connectivity index (χ4v) is 2.53. The number of anilines is 1. The predicted molar refractivity (Wildman–Crippen MR) is 77.6 cm³/mol. The molecule has 0 bridgehead atoms. The molecule has 1 saturated heterocycles. The van der Waals surface area contributed by atoms with Crippen molar-refractivity contribution < 1.29 is 14.1 Å². The zero-order valence-electron chi connectivity index (χ0n) is 11.9. The van der Waals surface area contributed by atoms with Gasteiger partial charge in [0.15, 0.2) is 0 Å². The van der Waals surface area contributed by atoms with Crippen LogP contribution < -0.4 is 9.64 Å². The highest BCUT2D eigenvalue weighted by Crippen LogP contribution is 2.28. The van der Waals surface area contributed by atoms with Gasteiger partial charge in [0.1, 0.15) is 12.0 Å². The summed E-state index contributed by atoms with van der Waals surface area (Å²) in [6, 6.07) is 7.93. The second-order valence-electron chi connectivity index (χ2n) is 4.86. The molecular formula is C15H17N3O3. The number of ether oxygens (including phenoxy) is 1. The van der Waals surface area contributed by atoms with Gasteiger partial charge in [0.05, 0.1) is 24.6 Å². The maximum atomic E-state index is 12.2. The van der Waals surface area contributed by atoms with Crippen LogP contribution in [-0.2, 0) is 0 Å². The monoisotopic (exact) mass is 287 g/mol. The molecule has 1 amide bonds. The van der Waals surface area contributed by atoms with E-state index in [9.17, 15) is 4.79 Å². The number of rotatable bonds is 3. The number of carbonyl (C=O) groups is 1. The van der Waals surface area contributed by atoms with Gasteiger partial charge in [-0.3, -0.25) is 4.79 Å². The molecule has 0 radical (unpaired) electrons. The van der Waals surface area contributed by atoms with Crippen molar-refractivity contribution in [1.29, 1.82) is 0 Å². The Balaban J connectivity index is 1.66. The Kier molecular flexibility index (Phi) is 3.77. The summed E-state index contributed by atoms with van der Waals surface area (Å²) in [4.78, 5) is 16.3. The van der Waals surface area contributed by atoms with Crippen LogP contribution in [0.15, 0.2) is 41.2 Å². The molecule has 0 aliphatic carbocycles. The second kappa shape index (κ2) is 5.87. The van der Waals surface area contributed by atoms with Gasteiger partial charge in [-0.15, -0.1) is 0 Å². The molecule has 0 atom stereocenters. The molecule has 1 aliphatic rings. The van der Waals surface area contributed by atoms with Crippen LogP contribution in [0.2, 0.25) is 0 Å². The van der Waals surface area contributed by atoms with Crippen molar-refractivity contribution in [3.05, 3.63) is 42.3 Å². The third kappa shape index (κ3) is 2.69. The van der Waals surface area contributed by atoms with Gasteiger partial charge in [-0.25, -0.2) is 0 Å². The number of piperazine rings is 1. The Hall–Kier alpha value is -2.50. The summed E-state index contributed by atoms with van der Waals surface area (Å²) < 4.78 is 10.1. The molecule has 3 rings (SSSR count). The minimum Gasteiger partial charge on any atom is -0.495 e. The van der Waals surface area contributed by atoms with E-state index in [4.69, 9.17) is 9.26 Å². The lowest BCUT2D eigenvalue weighted by atomic mass is 10.2. The van der Waals surface area contributed by atoms with Gasteiger partial charge in [-0.05, 0) is 12.1 Å². The van der Waals surface area contributed by atoms with Gasteiger partial charge in [-0.2, -0.15) is 0 Å². The van der Waals surface area contributed by atoms with Gasteiger partial charge in [0.25, 0.3) is 5.91 Å². The number of methoxy groups -OCH3 is 1. The predicted octanol–water partition coefficient (Wildman–Crippen LogP) is 1.65. The van der Waals surface area contributed by atoms with Gasteiger partial charge < -0.3 is 19.1 Å². The molecule has 1 fully saturated rings. The third-order valence-electron chi connectivity index (χ3n) is 3.67. The lowest BCUT2D eigenvalue weighted by Gasteiger charge is -2.36. The lowest BCUT2D eigenvalue weighted by Crippen LogP contribution is -2.48. The number of amides is 1. The molecule has 21 heavy (non-hydrogen) atoms. The van der Waals surface area contributed by atoms with Crippen LogP contribution in [0, 0.1) is 0 Å². The van der Waals surface area contributed by atoms with E-state index in [1.54, 1.807) is 7.11 Å². The number of hydrogen-bond donors (Lipinski definition) is 0. The molecule has 1 aromatic heterocycles. The first-order chi connectivity index (χ1) is 10.3. The van der Waals surface area contributed by atoms with E-state index in [0.29, 0.717) is 18.7 Å². The standard InChI is InChI=1S/C15H17N3O3/c1-20-14-5-3-2-4-13(14)17-6-8-18(9-7-17)15(19)12-10-16-21-11-12/h2-5,10-11H,6-9H2,1H3. The Morgan fingerprint density at radius 2 is 2.00 bits per heavy atom. The fourth-order valence-electron chi connectivity index (χ4n) is 2.53. The first kappa shape index (κ1) is 13.5. The molecule has 110 valence electrons. The summed E-state index contributed by atoms with van der Waals surface area (Å²) in [5.41, 5.74) is 1.57. The van der Waals surface area contributed by atoms with Crippen molar-refractivity contribution >= 4 is 11.6 Å². The minimum absolute atomic E-state index is 0.0315. The van der Waals surface area contributed by atoms with E-state index < -0.39 is 0 Å². The van der Waals surface area contributed by atoms with E-state index in [0.717, 1.165) is 24.5 Å². The van der Waals surface area contributed by atoms with Gasteiger partial charge >= 0.3 is 0 Å². The Labute approximate surface area is 122 Å². The SMILES string of the molecule is COc1ccccc1N1CCN(C(=O)c2cnoc2)CC1. The third-order valence-corrected chi connectivity index (χ3v) is 3.67. The minimum atomic E-state index is -0.0315. The highest BCUT2D eigenvalue weighted by molar-refractivity contribution is 5.93. The van der Waals surface area contributed by atoms with Crippen molar-refractivity contribution in [2.75, 3.05) is 38.2 Å². The maximum absolute atomic E-state index is 12.2. The fraction of sp³-hybridized carbons (Fsp3) is 0.333. The number of hydrogen-bond acceptors (Lipinski definition) is 5. The average Bonchev–Trinajstić information content (AvgIpc) is 3.09. The summed E-state index contributed by atoms with van der Waals surface area (Å²) in [6.45, 7) is 2.89. The van der Waals surface area contributed by atoms with E-state index in [2.05, 4.69) is 10.1 Å². The number of carbonyl (C=O) groups excluding carboxylic acids is 1. The number of benzene rings is 1. The summed E-state index contributed by atoms with van der Waals surface area (Å²) in [7, 11) is 1.67. The van der Waals surface area contributed by atoms with Crippen LogP contribution in [0.25, 0.3) is 0 Å². The van der Waals surface area contributed by atoms with Crippen LogP contribution in [0.1, 0.15) is 10.4 Å². The molecule has 0 N–H and O–H groups in total. The average molecular weight is 287 g/mol. The van der Waals surface area contributed by atoms with E-state index in [-0.39, 0.29) is 5.91 Å². The topological polar surface area (TPSA) is 58.8 Å². The molecule has 0 saturated carbocycles. The van der Waals surface area contributed by atoms with Crippen molar-refractivity contribution in [2.24, 2.45) is 0 Å². The van der Waals surface area contributed by atoms with E-state index in [1.807, 2.05) is 29.2 Å². The van der Waals surface area contributed by atoms with Crippen LogP contribution in [-0.4, -0.2) is 49.3 Å². The van der Waals surface area contributed by atoms with Crippen LogP contribution in [0.3, 0.4) is 0 Å². The summed E-state index contributed by atoms with van der Waals surface area (Å²) >= 11 is 0. The second-order valence-corrected chi connectivity index (χ2v) is 4.86. The van der Waals surface area contributed by atoms with E-state index >= 15 is 0 Å².